The van der Waals surface area contributed by atoms with Crippen LogP contribution in [0.1, 0.15) is 38.4 Å². The molecule has 0 spiro atoms. The average molecular weight is 194 g/mol. The number of aromatic nitrogens is 1. The Morgan fingerprint density at radius 1 is 1.57 bits per heavy atom. The van der Waals surface area contributed by atoms with E-state index >= 15 is 0 Å². The van der Waals surface area contributed by atoms with Crippen LogP contribution in [-0.2, 0) is 6.54 Å². The van der Waals surface area contributed by atoms with Crippen molar-refractivity contribution < 1.29 is 4.42 Å². The molecule has 1 heterocycles. The Balaban J connectivity index is 1.74. The molecule has 1 aromatic heterocycles. The molecule has 1 N–H and O–H groups in total. The van der Waals surface area contributed by atoms with E-state index in [2.05, 4.69) is 17.2 Å². The molecular formula is C11H18N2O. The fourth-order valence-electron chi connectivity index (χ4n) is 2.22. The first-order valence-corrected chi connectivity index (χ1v) is 5.47. The molecule has 3 nitrogen and oxygen atoms in total. The summed E-state index contributed by atoms with van der Waals surface area (Å²) in [6.07, 6.45) is 8.82. The average Bonchev–Trinajstić information content (AvgIpc) is 2.87. The number of hydrogen-bond acceptors (Lipinski definition) is 3. The smallest absolute Gasteiger partial charge is 0.180 e. The van der Waals surface area contributed by atoms with Crippen LogP contribution in [0.5, 0.6) is 0 Å². The van der Waals surface area contributed by atoms with Gasteiger partial charge in [-0.25, -0.2) is 4.98 Å². The van der Waals surface area contributed by atoms with Crippen LogP contribution in [0.15, 0.2) is 17.0 Å². The van der Waals surface area contributed by atoms with Crippen molar-refractivity contribution in [3.63, 3.8) is 0 Å². The summed E-state index contributed by atoms with van der Waals surface area (Å²) in [6, 6.07) is 0.600. The lowest BCUT2D eigenvalue weighted by Crippen LogP contribution is -2.31. The van der Waals surface area contributed by atoms with Gasteiger partial charge in [-0.2, -0.15) is 0 Å². The van der Waals surface area contributed by atoms with Crippen molar-refractivity contribution in [2.24, 2.45) is 5.92 Å². The van der Waals surface area contributed by atoms with Crippen LogP contribution in [-0.4, -0.2) is 11.0 Å². The van der Waals surface area contributed by atoms with E-state index in [-0.39, 0.29) is 0 Å². The lowest BCUT2D eigenvalue weighted by molar-refractivity contribution is 0.362. The first-order chi connectivity index (χ1) is 6.86. The summed E-state index contributed by atoms with van der Waals surface area (Å²) in [5, 5.41) is 3.49. The van der Waals surface area contributed by atoms with Crippen LogP contribution in [0.4, 0.5) is 0 Å². The van der Waals surface area contributed by atoms with E-state index < -0.39 is 0 Å². The fraction of sp³-hybridized carbons (Fsp3) is 0.727. The van der Waals surface area contributed by atoms with E-state index in [0.29, 0.717) is 6.04 Å². The molecule has 1 unspecified atom stereocenters. The lowest BCUT2D eigenvalue weighted by Gasteiger charge is -2.19. The second kappa shape index (κ2) is 4.60. The number of oxazole rings is 1. The molecule has 1 aliphatic carbocycles. The molecule has 0 saturated heterocycles. The number of nitrogens with zero attached hydrogens (tertiary/aromatic N) is 1. The van der Waals surface area contributed by atoms with Gasteiger partial charge in [-0.05, 0) is 25.7 Å². The Morgan fingerprint density at radius 3 is 3.00 bits per heavy atom. The molecule has 1 aliphatic rings. The summed E-state index contributed by atoms with van der Waals surface area (Å²) < 4.78 is 5.17. The van der Waals surface area contributed by atoms with Crippen LogP contribution in [0.2, 0.25) is 0 Å². The van der Waals surface area contributed by atoms with Gasteiger partial charge in [0, 0.05) is 6.04 Å². The number of rotatable bonds is 4. The first kappa shape index (κ1) is 9.71. The predicted octanol–water partition coefficient (Wildman–Crippen LogP) is 2.34. The van der Waals surface area contributed by atoms with Gasteiger partial charge in [-0.3, -0.25) is 0 Å². The predicted molar refractivity (Wildman–Crippen MR) is 54.8 cm³/mol. The second-order valence-electron chi connectivity index (χ2n) is 4.18. The van der Waals surface area contributed by atoms with Crippen LogP contribution in [0.25, 0.3) is 0 Å². The summed E-state index contributed by atoms with van der Waals surface area (Å²) in [4.78, 5) is 3.89. The molecule has 1 atom stereocenters. The van der Waals surface area contributed by atoms with Gasteiger partial charge in [-0.15, -0.1) is 0 Å². The third kappa shape index (κ3) is 2.35. The Labute approximate surface area is 84.9 Å². The van der Waals surface area contributed by atoms with Crippen molar-refractivity contribution in [3.8, 4) is 0 Å². The molecule has 1 fully saturated rings. The van der Waals surface area contributed by atoms with Gasteiger partial charge in [0.1, 0.15) is 5.76 Å². The topological polar surface area (TPSA) is 38.1 Å². The number of nitrogens with one attached hydrogen (secondary N) is 1. The molecule has 3 heteroatoms. The standard InChI is InChI=1S/C11H18N2O/c1-9(10-4-2-3-5-10)13-7-11-6-12-8-14-11/h6,8-10,13H,2-5,7H2,1H3. The van der Waals surface area contributed by atoms with E-state index in [4.69, 9.17) is 4.42 Å². The van der Waals surface area contributed by atoms with Crippen LogP contribution in [0, 0.1) is 5.92 Å². The summed E-state index contributed by atoms with van der Waals surface area (Å²) in [5.41, 5.74) is 0. The number of hydrogen-bond donors (Lipinski definition) is 1. The van der Waals surface area contributed by atoms with E-state index in [9.17, 15) is 0 Å². The van der Waals surface area contributed by atoms with Crippen molar-refractivity contribution in [3.05, 3.63) is 18.4 Å². The van der Waals surface area contributed by atoms with Gasteiger partial charge >= 0.3 is 0 Å². The summed E-state index contributed by atoms with van der Waals surface area (Å²) in [6.45, 7) is 3.07. The highest BCUT2D eigenvalue weighted by Crippen LogP contribution is 2.27. The van der Waals surface area contributed by atoms with Crippen molar-refractivity contribution in [1.29, 1.82) is 0 Å². The monoisotopic (exact) mass is 194 g/mol. The Kier molecular flexibility index (Phi) is 3.19. The maximum atomic E-state index is 5.17. The minimum absolute atomic E-state index is 0.600. The fourth-order valence-corrected chi connectivity index (χ4v) is 2.22. The normalized spacial score (nSPS) is 20.1. The van der Waals surface area contributed by atoms with Gasteiger partial charge in [0.05, 0.1) is 12.7 Å². The maximum absolute atomic E-state index is 5.17. The van der Waals surface area contributed by atoms with Crippen molar-refractivity contribution in [2.75, 3.05) is 0 Å². The molecule has 78 valence electrons. The molecule has 0 aromatic carbocycles. The highest BCUT2D eigenvalue weighted by Gasteiger charge is 2.20. The minimum Gasteiger partial charge on any atom is -0.447 e. The van der Waals surface area contributed by atoms with Crippen molar-refractivity contribution >= 4 is 0 Å². The Hall–Kier alpha value is -0.830. The largest absolute Gasteiger partial charge is 0.447 e. The maximum Gasteiger partial charge on any atom is 0.180 e. The summed E-state index contributed by atoms with van der Waals surface area (Å²) >= 11 is 0. The molecule has 2 rings (SSSR count). The van der Waals surface area contributed by atoms with Gasteiger partial charge < -0.3 is 9.73 Å². The second-order valence-corrected chi connectivity index (χ2v) is 4.18. The Bertz CT molecular complexity index is 252. The van der Waals surface area contributed by atoms with E-state index in [1.807, 2.05) is 0 Å². The zero-order chi connectivity index (χ0) is 9.80. The van der Waals surface area contributed by atoms with Gasteiger partial charge in [0.2, 0.25) is 0 Å². The molecule has 0 radical (unpaired) electrons. The molecule has 1 saturated carbocycles. The zero-order valence-electron chi connectivity index (χ0n) is 8.70. The van der Waals surface area contributed by atoms with Crippen LogP contribution in [0.3, 0.4) is 0 Å². The highest BCUT2D eigenvalue weighted by molar-refractivity contribution is 4.88. The summed E-state index contributed by atoms with van der Waals surface area (Å²) in [7, 11) is 0. The van der Waals surface area contributed by atoms with E-state index in [1.54, 1.807) is 6.20 Å². The van der Waals surface area contributed by atoms with Crippen LogP contribution >= 0.6 is 0 Å². The Morgan fingerprint density at radius 2 is 2.36 bits per heavy atom. The van der Waals surface area contributed by atoms with E-state index in [1.165, 1.54) is 32.1 Å². The lowest BCUT2D eigenvalue weighted by atomic mass is 10.00. The molecular weight excluding hydrogens is 176 g/mol. The van der Waals surface area contributed by atoms with Gasteiger partial charge in [0.15, 0.2) is 6.39 Å². The quantitative estimate of drug-likeness (QED) is 0.799. The molecule has 1 aromatic rings. The SMILES string of the molecule is CC(NCc1cnco1)C1CCCC1. The third-order valence-electron chi connectivity index (χ3n) is 3.19. The molecule has 14 heavy (non-hydrogen) atoms. The minimum atomic E-state index is 0.600. The molecule has 0 amide bonds. The van der Waals surface area contributed by atoms with Crippen molar-refractivity contribution in [1.82, 2.24) is 10.3 Å². The summed E-state index contributed by atoms with van der Waals surface area (Å²) in [5.74, 6) is 1.78. The zero-order valence-corrected chi connectivity index (χ0v) is 8.70. The van der Waals surface area contributed by atoms with Crippen LogP contribution < -0.4 is 5.32 Å². The molecule has 0 bridgehead atoms. The van der Waals surface area contributed by atoms with Crippen molar-refractivity contribution in [2.45, 2.75) is 45.2 Å². The molecule has 0 aliphatic heterocycles. The highest BCUT2D eigenvalue weighted by atomic mass is 16.3. The van der Waals surface area contributed by atoms with E-state index in [0.717, 1.165) is 18.2 Å². The van der Waals surface area contributed by atoms with Gasteiger partial charge in [-0.1, -0.05) is 12.8 Å². The third-order valence-corrected chi connectivity index (χ3v) is 3.19. The van der Waals surface area contributed by atoms with Gasteiger partial charge in [0.25, 0.3) is 0 Å². The first-order valence-electron chi connectivity index (χ1n) is 5.47.